The molecular formula is C18H24N4O2. The first-order valence-corrected chi connectivity index (χ1v) is 7.96. The smallest absolute Gasteiger partial charge is 0.228 e. The zero-order valence-corrected chi connectivity index (χ0v) is 14.2. The molecule has 2 rings (SSSR count). The number of rotatable bonds is 9. The van der Waals surface area contributed by atoms with E-state index in [1.165, 1.54) is 0 Å². The number of ether oxygens (including phenoxy) is 1. The largest absolute Gasteiger partial charge is 0.493 e. The molecule has 2 N–H and O–H groups in total. The fourth-order valence-corrected chi connectivity index (χ4v) is 1.98. The minimum atomic E-state index is -0.119. The quantitative estimate of drug-likeness (QED) is 0.740. The van der Waals surface area contributed by atoms with Gasteiger partial charge in [0.1, 0.15) is 11.6 Å². The van der Waals surface area contributed by atoms with Crippen LogP contribution >= 0.6 is 0 Å². The molecule has 0 unspecified atom stereocenters. The molecule has 0 fully saturated rings. The van der Waals surface area contributed by atoms with Gasteiger partial charge in [0.15, 0.2) is 0 Å². The van der Waals surface area contributed by atoms with Crippen molar-refractivity contribution < 1.29 is 9.53 Å². The lowest BCUT2D eigenvalue weighted by atomic mass is 10.3. The maximum absolute atomic E-state index is 11.9. The molecule has 0 aliphatic heterocycles. The molecule has 0 atom stereocenters. The number of anilines is 2. The lowest BCUT2D eigenvalue weighted by Crippen LogP contribution is -2.20. The van der Waals surface area contributed by atoms with Crippen LogP contribution in [0, 0.1) is 0 Å². The van der Waals surface area contributed by atoms with Gasteiger partial charge in [-0.3, -0.25) is 4.79 Å². The van der Waals surface area contributed by atoms with Crippen molar-refractivity contribution in [3.63, 3.8) is 0 Å². The van der Waals surface area contributed by atoms with E-state index in [-0.39, 0.29) is 12.3 Å². The number of likely N-dealkylation sites (N-methyl/N-ethyl adjacent to an activating group) is 1. The van der Waals surface area contributed by atoms with Gasteiger partial charge in [0.2, 0.25) is 5.91 Å². The van der Waals surface area contributed by atoms with Crippen LogP contribution in [0.3, 0.4) is 0 Å². The third-order valence-electron chi connectivity index (χ3n) is 3.26. The number of para-hydroxylation sites is 1. The molecule has 0 spiro atoms. The molecule has 2 aromatic rings. The summed E-state index contributed by atoms with van der Waals surface area (Å²) < 4.78 is 5.50. The van der Waals surface area contributed by atoms with Gasteiger partial charge in [0.25, 0.3) is 0 Å². The number of nitrogens with one attached hydrogen (secondary N) is 2. The normalized spacial score (nSPS) is 10.5. The van der Waals surface area contributed by atoms with E-state index in [0.717, 1.165) is 24.5 Å². The minimum Gasteiger partial charge on any atom is -0.493 e. The van der Waals surface area contributed by atoms with E-state index in [1.54, 1.807) is 12.3 Å². The molecule has 0 saturated carbocycles. The van der Waals surface area contributed by atoms with Crippen LogP contribution < -0.4 is 15.4 Å². The molecule has 1 amide bonds. The molecule has 0 aliphatic rings. The summed E-state index contributed by atoms with van der Waals surface area (Å²) in [5.74, 6) is 1.18. The number of nitrogens with zero attached hydrogens (tertiary/aromatic N) is 2. The van der Waals surface area contributed by atoms with Crippen LogP contribution in [0.15, 0.2) is 48.7 Å². The van der Waals surface area contributed by atoms with Crippen molar-refractivity contribution in [2.75, 3.05) is 44.4 Å². The van der Waals surface area contributed by atoms with E-state index in [1.807, 2.05) is 50.5 Å². The molecule has 0 radical (unpaired) electrons. The van der Waals surface area contributed by atoms with Crippen molar-refractivity contribution in [1.82, 2.24) is 9.88 Å². The van der Waals surface area contributed by atoms with Crippen LogP contribution in [0.1, 0.15) is 6.42 Å². The molecular weight excluding hydrogens is 304 g/mol. The summed E-state index contributed by atoms with van der Waals surface area (Å²) in [6, 6.07) is 13.1. The van der Waals surface area contributed by atoms with Crippen molar-refractivity contribution in [3.05, 3.63) is 48.7 Å². The summed E-state index contributed by atoms with van der Waals surface area (Å²) in [5, 5.41) is 6.04. The topological polar surface area (TPSA) is 66.5 Å². The Kier molecular flexibility index (Phi) is 7.04. The van der Waals surface area contributed by atoms with Gasteiger partial charge in [-0.05, 0) is 38.4 Å². The molecule has 0 aliphatic carbocycles. The highest BCUT2D eigenvalue weighted by molar-refractivity contribution is 5.89. The van der Waals surface area contributed by atoms with Gasteiger partial charge in [-0.2, -0.15) is 0 Å². The van der Waals surface area contributed by atoms with E-state index in [4.69, 9.17) is 4.74 Å². The highest BCUT2D eigenvalue weighted by Gasteiger charge is 2.04. The zero-order chi connectivity index (χ0) is 17.2. The lowest BCUT2D eigenvalue weighted by molar-refractivity contribution is -0.116. The van der Waals surface area contributed by atoms with Crippen LogP contribution in [0.2, 0.25) is 0 Å². The third kappa shape index (κ3) is 6.66. The first-order chi connectivity index (χ1) is 11.6. The predicted molar refractivity (Wildman–Crippen MR) is 96.5 cm³/mol. The maximum Gasteiger partial charge on any atom is 0.228 e. The second-order valence-corrected chi connectivity index (χ2v) is 5.62. The van der Waals surface area contributed by atoms with Crippen LogP contribution in [-0.4, -0.2) is 49.6 Å². The van der Waals surface area contributed by atoms with Crippen molar-refractivity contribution >= 4 is 17.4 Å². The summed E-state index contributed by atoms with van der Waals surface area (Å²) in [6.07, 6.45) is 1.99. The molecule has 1 heterocycles. The SMILES string of the molecule is CN(C)CCNc1ccc(NC(=O)CCOc2ccccc2)nc1. The van der Waals surface area contributed by atoms with Crippen molar-refractivity contribution in [2.45, 2.75) is 6.42 Å². The average molecular weight is 328 g/mol. The lowest BCUT2D eigenvalue weighted by Gasteiger charge is -2.11. The van der Waals surface area contributed by atoms with Crippen LogP contribution in [-0.2, 0) is 4.79 Å². The van der Waals surface area contributed by atoms with E-state index in [2.05, 4.69) is 20.5 Å². The summed E-state index contributed by atoms with van der Waals surface area (Å²) in [4.78, 5) is 18.2. The Bertz CT molecular complexity index is 615. The van der Waals surface area contributed by atoms with Crippen molar-refractivity contribution in [3.8, 4) is 5.75 Å². The van der Waals surface area contributed by atoms with Crippen LogP contribution in [0.25, 0.3) is 0 Å². The Morgan fingerprint density at radius 2 is 1.96 bits per heavy atom. The van der Waals surface area contributed by atoms with Gasteiger partial charge in [0, 0.05) is 13.1 Å². The van der Waals surface area contributed by atoms with Crippen molar-refractivity contribution in [1.29, 1.82) is 0 Å². The number of carbonyl (C=O) groups excluding carboxylic acids is 1. The summed E-state index contributed by atoms with van der Waals surface area (Å²) in [7, 11) is 4.06. The number of amides is 1. The highest BCUT2D eigenvalue weighted by Crippen LogP contribution is 2.11. The molecule has 24 heavy (non-hydrogen) atoms. The van der Waals surface area contributed by atoms with Crippen LogP contribution in [0.5, 0.6) is 5.75 Å². The van der Waals surface area contributed by atoms with Gasteiger partial charge < -0.3 is 20.3 Å². The predicted octanol–water partition coefficient (Wildman–Crippen LogP) is 2.46. The van der Waals surface area contributed by atoms with E-state index in [9.17, 15) is 4.79 Å². The van der Waals surface area contributed by atoms with Crippen LogP contribution in [0.4, 0.5) is 11.5 Å². The fourth-order valence-electron chi connectivity index (χ4n) is 1.98. The molecule has 6 nitrogen and oxygen atoms in total. The standard InChI is InChI=1S/C18H24N4O2/c1-22(2)12-11-19-15-8-9-17(20-14-15)21-18(23)10-13-24-16-6-4-3-5-7-16/h3-9,14,19H,10-13H2,1-2H3,(H,20,21,23). The van der Waals surface area contributed by atoms with Gasteiger partial charge in [-0.1, -0.05) is 18.2 Å². The minimum absolute atomic E-state index is 0.119. The van der Waals surface area contributed by atoms with E-state index < -0.39 is 0 Å². The molecule has 0 saturated heterocycles. The van der Waals surface area contributed by atoms with Gasteiger partial charge in [-0.25, -0.2) is 4.98 Å². The monoisotopic (exact) mass is 328 g/mol. The Morgan fingerprint density at radius 3 is 2.62 bits per heavy atom. The number of carbonyl (C=O) groups is 1. The average Bonchev–Trinajstić information content (AvgIpc) is 2.57. The summed E-state index contributed by atoms with van der Waals surface area (Å²) in [6.45, 7) is 2.12. The second-order valence-electron chi connectivity index (χ2n) is 5.62. The third-order valence-corrected chi connectivity index (χ3v) is 3.26. The fraction of sp³-hybridized carbons (Fsp3) is 0.333. The zero-order valence-electron chi connectivity index (χ0n) is 14.2. The second kappa shape index (κ2) is 9.52. The number of hydrogen-bond donors (Lipinski definition) is 2. The number of hydrogen-bond acceptors (Lipinski definition) is 5. The Labute approximate surface area is 142 Å². The number of benzene rings is 1. The molecule has 128 valence electrons. The van der Waals surface area contributed by atoms with E-state index >= 15 is 0 Å². The number of aromatic nitrogens is 1. The molecule has 0 bridgehead atoms. The van der Waals surface area contributed by atoms with Gasteiger partial charge >= 0.3 is 0 Å². The van der Waals surface area contributed by atoms with Gasteiger partial charge in [0.05, 0.1) is 24.9 Å². The first kappa shape index (κ1) is 17.7. The number of pyridine rings is 1. The Hall–Kier alpha value is -2.60. The summed E-state index contributed by atoms with van der Waals surface area (Å²) in [5.41, 5.74) is 0.933. The van der Waals surface area contributed by atoms with E-state index in [0.29, 0.717) is 12.4 Å². The summed E-state index contributed by atoms with van der Waals surface area (Å²) >= 11 is 0. The Morgan fingerprint density at radius 1 is 1.17 bits per heavy atom. The van der Waals surface area contributed by atoms with Crippen molar-refractivity contribution in [2.24, 2.45) is 0 Å². The Balaban J connectivity index is 1.69. The molecule has 6 heteroatoms. The highest BCUT2D eigenvalue weighted by atomic mass is 16.5. The molecule has 1 aromatic carbocycles. The maximum atomic E-state index is 11.9. The van der Waals surface area contributed by atoms with Gasteiger partial charge in [-0.15, -0.1) is 0 Å². The first-order valence-electron chi connectivity index (χ1n) is 7.96. The molecule has 1 aromatic heterocycles.